The van der Waals surface area contributed by atoms with Gasteiger partial charge in [0.1, 0.15) is 34.6 Å². The van der Waals surface area contributed by atoms with Crippen LogP contribution >= 0.6 is 0 Å². The molecule has 1 unspecified atom stereocenters. The van der Waals surface area contributed by atoms with Gasteiger partial charge in [0.2, 0.25) is 5.78 Å². The lowest BCUT2D eigenvalue weighted by molar-refractivity contribution is 0.103. The van der Waals surface area contributed by atoms with Crippen molar-refractivity contribution >= 4 is 55.8 Å². The highest BCUT2D eigenvalue weighted by Gasteiger charge is 2.26. The van der Waals surface area contributed by atoms with Crippen molar-refractivity contribution in [1.82, 2.24) is 15.0 Å². The van der Waals surface area contributed by atoms with Crippen LogP contribution in [0.3, 0.4) is 0 Å². The van der Waals surface area contributed by atoms with Crippen LogP contribution in [0.5, 0.6) is 0 Å². The van der Waals surface area contributed by atoms with Crippen LogP contribution in [0.2, 0.25) is 0 Å². The van der Waals surface area contributed by atoms with Crippen LogP contribution in [-0.4, -0.2) is 30.7 Å². The fourth-order valence-electron chi connectivity index (χ4n) is 4.03. The molecule has 0 radical (unpaired) electrons. The van der Waals surface area contributed by atoms with Gasteiger partial charge >= 0.3 is 0 Å². The van der Waals surface area contributed by atoms with Crippen LogP contribution in [0.4, 0.5) is 26.0 Å². The minimum atomic E-state index is -1.57. The highest BCUT2D eigenvalue weighted by atomic mass is 32.2. The van der Waals surface area contributed by atoms with Gasteiger partial charge in [-0.2, -0.15) is 0 Å². The summed E-state index contributed by atoms with van der Waals surface area (Å²) in [5.74, 6) is -2.45. The first-order chi connectivity index (χ1) is 17.5. The molecule has 0 saturated carbocycles. The molecular formula is C26H21F2N5O2S. The van der Waals surface area contributed by atoms with E-state index in [0.29, 0.717) is 23.3 Å². The van der Waals surface area contributed by atoms with Crippen LogP contribution in [0.1, 0.15) is 29.3 Å². The molecule has 0 aliphatic rings. The van der Waals surface area contributed by atoms with E-state index in [0.717, 1.165) is 28.6 Å². The zero-order chi connectivity index (χ0) is 25.2. The number of ketones is 1. The molecule has 2 aromatic heterocycles. The van der Waals surface area contributed by atoms with Crippen LogP contribution < -0.4 is 10.0 Å². The Morgan fingerprint density at radius 1 is 1.03 bits per heavy atom. The summed E-state index contributed by atoms with van der Waals surface area (Å²) in [6.45, 7) is 1.83. The topological polar surface area (TPSA) is 99.8 Å². The van der Waals surface area contributed by atoms with Crippen molar-refractivity contribution in [2.24, 2.45) is 0 Å². The van der Waals surface area contributed by atoms with E-state index in [9.17, 15) is 13.4 Å². The summed E-state index contributed by atoms with van der Waals surface area (Å²) in [5, 5.41) is 5.48. The molecule has 10 heteroatoms. The molecule has 7 nitrogen and oxygen atoms in total. The minimum absolute atomic E-state index is 0.00188. The number of fused-ring (bicyclic) bond motifs is 2. The van der Waals surface area contributed by atoms with Crippen molar-refractivity contribution in [3.8, 4) is 0 Å². The summed E-state index contributed by atoms with van der Waals surface area (Å²) >= 11 is 0. The van der Waals surface area contributed by atoms with Gasteiger partial charge in [-0.3, -0.25) is 4.79 Å². The third kappa shape index (κ3) is 4.31. The van der Waals surface area contributed by atoms with Gasteiger partial charge in [-0.15, -0.1) is 0 Å². The van der Waals surface area contributed by atoms with Crippen LogP contribution in [0.25, 0.3) is 21.8 Å². The molecule has 0 saturated heterocycles. The Balaban J connectivity index is 1.58. The van der Waals surface area contributed by atoms with Gasteiger partial charge in [-0.25, -0.2) is 23.0 Å². The van der Waals surface area contributed by atoms with Gasteiger partial charge in [0.05, 0.1) is 22.2 Å². The Kier molecular flexibility index (Phi) is 6.43. The fourth-order valence-corrected chi connectivity index (χ4v) is 4.91. The Hall–Kier alpha value is -4.18. The average molecular weight is 506 g/mol. The second-order valence-corrected chi connectivity index (χ2v) is 9.37. The van der Waals surface area contributed by atoms with Gasteiger partial charge in [0.15, 0.2) is 5.82 Å². The van der Waals surface area contributed by atoms with Crippen molar-refractivity contribution in [3.63, 3.8) is 0 Å². The number of hydrogen-bond acceptors (Lipinski definition) is 5. The van der Waals surface area contributed by atoms with Gasteiger partial charge in [-0.05, 0) is 30.0 Å². The second kappa shape index (κ2) is 9.82. The number of hydrogen-bond donors (Lipinski definition) is 3. The molecule has 2 heterocycles. The number of benzene rings is 3. The second-order valence-electron chi connectivity index (χ2n) is 8.06. The molecule has 5 rings (SSSR count). The number of nitrogens with zero attached hydrogens (tertiary/aromatic N) is 2. The lowest BCUT2D eigenvalue weighted by atomic mass is 10.0. The van der Waals surface area contributed by atoms with E-state index in [4.69, 9.17) is 0 Å². The molecule has 0 bridgehead atoms. The number of H-pyrrole nitrogens is 1. The number of halogens is 2. The third-order valence-electron chi connectivity index (χ3n) is 5.69. The van der Waals surface area contributed by atoms with E-state index in [-0.39, 0.29) is 17.0 Å². The van der Waals surface area contributed by atoms with Gasteiger partial charge < -0.3 is 15.0 Å². The number of anilines is 3. The van der Waals surface area contributed by atoms with Crippen molar-refractivity contribution < 1.29 is 17.8 Å². The quantitative estimate of drug-likeness (QED) is 0.230. The molecule has 5 aromatic rings. The molecule has 0 amide bonds. The molecule has 182 valence electrons. The monoisotopic (exact) mass is 505 g/mol. The number of carbonyl (C=O) groups excluding carboxylic acids is 1. The van der Waals surface area contributed by atoms with Crippen LogP contribution in [0, 0.1) is 11.6 Å². The number of nitrogens with one attached hydrogen (secondary N) is 3. The summed E-state index contributed by atoms with van der Waals surface area (Å²) < 4.78 is 44.6. The SMILES string of the molecule is CCCS(=O)Nc1ccc(F)c(C(=O)c2c[nH]c3ncnc(Nc4cccc5ccccc45)c23)c1F. The lowest BCUT2D eigenvalue weighted by Gasteiger charge is -2.12. The molecule has 0 fully saturated rings. The Morgan fingerprint density at radius 3 is 2.67 bits per heavy atom. The molecule has 3 N–H and O–H groups in total. The Labute approximate surface area is 207 Å². The predicted octanol–water partition coefficient (Wildman–Crippen LogP) is 5.85. The molecule has 0 aliphatic carbocycles. The fraction of sp³-hybridized carbons (Fsp3) is 0.115. The molecule has 1 atom stereocenters. The van der Waals surface area contributed by atoms with Crippen LogP contribution in [-0.2, 0) is 11.0 Å². The molecule has 3 aromatic carbocycles. The summed E-state index contributed by atoms with van der Waals surface area (Å²) in [4.78, 5) is 24.8. The van der Waals surface area contributed by atoms with Crippen molar-refractivity contribution in [2.45, 2.75) is 13.3 Å². The predicted molar refractivity (Wildman–Crippen MR) is 138 cm³/mol. The molecule has 0 spiro atoms. The van der Waals surface area contributed by atoms with E-state index in [2.05, 4.69) is 25.0 Å². The maximum absolute atomic E-state index is 15.3. The van der Waals surface area contributed by atoms with Crippen molar-refractivity contribution in [2.75, 3.05) is 15.8 Å². The van der Waals surface area contributed by atoms with Crippen LogP contribution in [0.15, 0.2) is 67.1 Å². The Bertz CT molecular complexity index is 1630. The third-order valence-corrected chi connectivity index (χ3v) is 6.92. The lowest BCUT2D eigenvalue weighted by Crippen LogP contribution is -2.13. The summed E-state index contributed by atoms with van der Waals surface area (Å²) in [5.41, 5.74) is 0.106. The standard InChI is InChI=1S/C26H21F2N5O2S/c1-2-12-36(35)33-20-11-10-18(27)22(23(20)28)24(34)17-13-29-25-21(17)26(31-14-30-25)32-19-9-5-7-15-6-3-4-8-16(15)19/h3-11,13-14,33H,2,12H2,1H3,(H2,29,30,31,32). The smallest absolute Gasteiger partial charge is 0.201 e. The van der Waals surface area contributed by atoms with E-state index in [1.807, 2.05) is 49.4 Å². The zero-order valence-electron chi connectivity index (χ0n) is 19.1. The van der Waals surface area contributed by atoms with Crippen molar-refractivity contribution in [1.29, 1.82) is 0 Å². The van der Waals surface area contributed by atoms with E-state index in [1.165, 1.54) is 12.5 Å². The minimum Gasteiger partial charge on any atom is -0.345 e. The average Bonchev–Trinajstić information content (AvgIpc) is 3.31. The van der Waals surface area contributed by atoms with Gasteiger partial charge in [0, 0.05) is 23.0 Å². The maximum Gasteiger partial charge on any atom is 0.201 e. The summed E-state index contributed by atoms with van der Waals surface area (Å²) in [6.07, 6.45) is 3.29. The first kappa shape index (κ1) is 23.6. The number of aromatic amines is 1. The van der Waals surface area contributed by atoms with Gasteiger partial charge in [0.25, 0.3) is 0 Å². The molecular weight excluding hydrogens is 484 g/mol. The van der Waals surface area contributed by atoms with E-state index in [1.54, 1.807) is 0 Å². The largest absolute Gasteiger partial charge is 0.345 e. The number of rotatable bonds is 8. The van der Waals surface area contributed by atoms with Gasteiger partial charge in [-0.1, -0.05) is 43.3 Å². The van der Waals surface area contributed by atoms with E-state index >= 15 is 4.39 Å². The number of carbonyl (C=O) groups is 1. The molecule has 36 heavy (non-hydrogen) atoms. The molecule has 0 aliphatic heterocycles. The normalized spacial score (nSPS) is 12.1. The first-order valence-electron chi connectivity index (χ1n) is 11.2. The zero-order valence-corrected chi connectivity index (χ0v) is 20.0. The summed E-state index contributed by atoms with van der Waals surface area (Å²) in [7, 11) is -1.57. The van der Waals surface area contributed by atoms with E-state index < -0.39 is 34.0 Å². The highest BCUT2D eigenvalue weighted by Crippen LogP contribution is 2.32. The first-order valence-corrected chi connectivity index (χ1v) is 12.5. The van der Waals surface area contributed by atoms with Crippen molar-refractivity contribution in [3.05, 3.63) is 89.9 Å². The number of aromatic nitrogens is 3. The maximum atomic E-state index is 15.3. The summed E-state index contributed by atoms with van der Waals surface area (Å²) in [6, 6.07) is 15.6. The highest BCUT2D eigenvalue weighted by molar-refractivity contribution is 7.86. The Morgan fingerprint density at radius 2 is 1.83 bits per heavy atom.